The van der Waals surface area contributed by atoms with Gasteiger partial charge in [-0.05, 0) is 12.5 Å². The van der Waals surface area contributed by atoms with Gasteiger partial charge in [-0.1, -0.05) is 30.3 Å². The fourth-order valence-electron chi connectivity index (χ4n) is 0.881. The van der Waals surface area contributed by atoms with Gasteiger partial charge in [-0.2, -0.15) is 0 Å². The first kappa shape index (κ1) is 7.29. The van der Waals surface area contributed by atoms with Crippen molar-refractivity contribution in [2.45, 2.75) is 13.0 Å². The van der Waals surface area contributed by atoms with Crippen LogP contribution in [-0.2, 0) is 0 Å². The van der Waals surface area contributed by atoms with Crippen LogP contribution in [-0.4, -0.2) is 7.05 Å². The van der Waals surface area contributed by atoms with Crippen LogP contribution in [0.2, 0.25) is 0 Å². The van der Waals surface area contributed by atoms with Crippen LogP contribution in [0.3, 0.4) is 0 Å². The average Bonchev–Trinajstić information content (AvgIpc) is 2.05. The molecule has 1 radical (unpaired) electrons. The van der Waals surface area contributed by atoms with E-state index in [0.717, 1.165) is 0 Å². The number of hydrogen-bond acceptors (Lipinski definition) is 0. The third kappa shape index (κ3) is 1.58. The van der Waals surface area contributed by atoms with Crippen molar-refractivity contribution in [2.24, 2.45) is 0 Å². The fourth-order valence-corrected chi connectivity index (χ4v) is 0.881. The molecule has 1 atom stereocenters. The molecule has 0 aliphatic heterocycles. The molecule has 53 valence electrons. The highest BCUT2D eigenvalue weighted by Gasteiger charge is 1.99. The lowest BCUT2D eigenvalue weighted by atomic mass is 10.1. The van der Waals surface area contributed by atoms with Crippen LogP contribution in [0.15, 0.2) is 30.3 Å². The molecule has 1 aromatic rings. The Morgan fingerprint density at radius 2 is 1.80 bits per heavy atom. The van der Waals surface area contributed by atoms with E-state index in [4.69, 9.17) is 0 Å². The lowest BCUT2D eigenvalue weighted by Crippen LogP contribution is -2.03. The van der Waals surface area contributed by atoms with Gasteiger partial charge >= 0.3 is 0 Å². The Hall–Kier alpha value is -0.820. The van der Waals surface area contributed by atoms with Gasteiger partial charge in [0.2, 0.25) is 0 Å². The molecule has 0 saturated heterocycles. The van der Waals surface area contributed by atoms with Gasteiger partial charge in [0.15, 0.2) is 0 Å². The lowest BCUT2D eigenvalue weighted by Gasteiger charge is -2.06. The quantitative estimate of drug-likeness (QED) is 0.587. The highest BCUT2D eigenvalue weighted by Crippen LogP contribution is 2.10. The zero-order valence-electron chi connectivity index (χ0n) is 6.41. The molecule has 0 aliphatic carbocycles. The number of nitrogens with zero attached hydrogens (tertiary/aromatic N) is 1. The third-order valence-electron chi connectivity index (χ3n) is 1.67. The Bertz CT molecular complexity index is 181. The van der Waals surface area contributed by atoms with Crippen LogP contribution in [0.1, 0.15) is 18.5 Å². The van der Waals surface area contributed by atoms with Crippen LogP contribution in [0, 0.1) is 0 Å². The summed E-state index contributed by atoms with van der Waals surface area (Å²) in [7, 11) is 1.84. The Labute approximate surface area is 62.1 Å². The Kier molecular flexibility index (Phi) is 2.46. The van der Waals surface area contributed by atoms with E-state index in [1.165, 1.54) is 5.56 Å². The zero-order valence-corrected chi connectivity index (χ0v) is 6.41. The Balaban J connectivity index is 2.75. The second-order valence-corrected chi connectivity index (χ2v) is 2.34. The summed E-state index contributed by atoms with van der Waals surface area (Å²) in [5, 5.41) is 4.16. The van der Waals surface area contributed by atoms with Gasteiger partial charge in [0, 0.05) is 13.1 Å². The van der Waals surface area contributed by atoms with Crippen molar-refractivity contribution in [3.63, 3.8) is 0 Å². The van der Waals surface area contributed by atoms with E-state index in [0.29, 0.717) is 6.04 Å². The molecule has 1 heteroatoms. The maximum Gasteiger partial charge on any atom is 0.0464 e. The molecule has 0 fully saturated rings. The molecule has 0 unspecified atom stereocenters. The highest BCUT2D eigenvalue weighted by molar-refractivity contribution is 5.17. The smallest absolute Gasteiger partial charge is 0.0464 e. The molecule has 0 saturated carbocycles. The van der Waals surface area contributed by atoms with Crippen molar-refractivity contribution in [1.29, 1.82) is 0 Å². The highest BCUT2D eigenvalue weighted by atomic mass is 14.8. The van der Waals surface area contributed by atoms with Gasteiger partial charge in [-0.3, -0.25) is 0 Å². The molecule has 1 rings (SSSR count). The molecular formula is C9H12N. The monoisotopic (exact) mass is 134 g/mol. The summed E-state index contributed by atoms with van der Waals surface area (Å²) in [5.74, 6) is 0. The summed E-state index contributed by atoms with van der Waals surface area (Å²) < 4.78 is 0. The van der Waals surface area contributed by atoms with Gasteiger partial charge < -0.3 is 0 Å². The summed E-state index contributed by atoms with van der Waals surface area (Å²) in [5.41, 5.74) is 1.28. The molecule has 1 nitrogen and oxygen atoms in total. The first-order chi connectivity index (χ1) is 4.84. The molecule has 1 aromatic carbocycles. The van der Waals surface area contributed by atoms with Crippen molar-refractivity contribution in [3.05, 3.63) is 35.9 Å². The topological polar surface area (TPSA) is 14.1 Å². The van der Waals surface area contributed by atoms with Crippen LogP contribution in [0.25, 0.3) is 0 Å². The van der Waals surface area contributed by atoms with E-state index in [2.05, 4.69) is 24.4 Å². The first-order valence-corrected chi connectivity index (χ1v) is 3.48. The molecule has 0 bridgehead atoms. The summed E-state index contributed by atoms with van der Waals surface area (Å²) >= 11 is 0. The molecule has 0 aliphatic rings. The summed E-state index contributed by atoms with van der Waals surface area (Å²) in [6, 6.07) is 10.6. The summed E-state index contributed by atoms with van der Waals surface area (Å²) in [6.07, 6.45) is 0. The molecule has 10 heavy (non-hydrogen) atoms. The Morgan fingerprint density at radius 3 is 2.30 bits per heavy atom. The van der Waals surface area contributed by atoms with Crippen molar-refractivity contribution in [3.8, 4) is 0 Å². The van der Waals surface area contributed by atoms with Crippen LogP contribution < -0.4 is 5.32 Å². The molecule has 0 heterocycles. The lowest BCUT2D eigenvalue weighted by molar-refractivity contribution is 0.639. The van der Waals surface area contributed by atoms with Crippen molar-refractivity contribution in [2.75, 3.05) is 7.05 Å². The van der Waals surface area contributed by atoms with Crippen LogP contribution in [0.4, 0.5) is 0 Å². The second kappa shape index (κ2) is 3.37. The molecule has 0 N–H and O–H groups in total. The molecule has 0 amide bonds. The van der Waals surface area contributed by atoms with E-state index >= 15 is 0 Å². The average molecular weight is 134 g/mol. The minimum absolute atomic E-state index is 0.334. The molecule has 0 spiro atoms. The van der Waals surface area contributed by atoms with Crippen molar-refractivity contribution in [1.82, 2.24) is 5.32 Å². The third-order valence-corrected chi connectivity index (χ3v) is 1.67. The van der Waals surface area contributed by atoms with Crippen molar-refractivity contribution < 1.29 is 0 Å². The van der Waals surface area contributed by atoms with Gasteiger partial charge in [0.25, 0.3) is 0 Å². The van der Waals surface area contributed by atoms with Gasteiger partial charge in [-0.25, -0.2) is 5.32 Å². The van der Waals surface area contributed by atoms with E-state index in [-0.39, 0.29) is 0 Å². The summed E-state index contributed by atoms with van der Waals surface area (Å²) in [4.78, 5) is 0. The van der Waals surface area contributed by atoms with Gasteiger partial charge in [0.05, 0.1) is 0 Å². The van der Waals surface area contributed by atoms with Gasteiger partial charge in [0.1, 0.15) is 0 Å². The molecular weight excluding hydrogens is 122 g/mol. The number of hydrogen-bond donors (Lipinski definition) is 0. The van der Waals surface area contributed by atoms with E-state index in [1.54, 1.807) is 0 Å². The van der Waals surface area contributed by atoms with Gasteiger partial charge in [-0.15, -0.1) is 0 Å². The van der Waals surface area contributed by atoms with E-state index in [1.807, 2.05) is 25.2 Å². The minimum Gasteiger partial charge on any atom is -0.237 e. The predicted octanol–water partition coefficient (Wildman–Crippen LogP) is 1.98. The van der Waals surface area contributed by atoms with Crippen molar-refractivity contribution >= 4 is 0 Å². The predicted molar refractivity (Wildman–Crippen MR) is 42.9 cm³/mol. The standard InChI is InChI=1S/C9H12N/c1-8(10-2)9-6-4-3-5-7-9/h3-8H,1-2H3/t8-/m1/s1. The van der Waals surface area contributed by atoms with E-state index < -0.39 is 0 Å². The number of benzene rings is 1. The zero-order chi connectivity index (χ0) is 7.40. The van der Waals surface area contributed by atoms with Crippen LogP contribution in [0.5, 0.6) is 0 Å². The largest absolute Gasteiger partial charge is 0.237 e. The number of rotatable bonds is 2. The summed E-state index contributed by atoms with van der Waals surface area (Å²) in [6.45, 7) is 2.09. The maximum atomic E-state index is 4.16. The van der Waals surface area contributed by atoms with E-state index in [9.17, 15) is 0 Å². The van der Waals surface area contributed by atoms with Crippen LogP contribution >= 0.6 is 0 Å². The normalized spacial score (nSPS) is 13.0. The second-order valence-electron chi connectivity index (χ2n) is 2.34. The fraction of sp³-hybridized carbons (Fsp3) is 0.333. The Morgan fingerprint density at radius 1 is 1.20 bits per heavy atom. The maximum absolute atomic E-state index is 4.16. The SMILES string of the molecule is C[N][C@H](C)c1ccccc1. The minimum atomic E-state index is 0.334. The molecule has 0 aromatic heterocycles. The first-order valence-electron chi connectivity index (χ1n) is 3.48.